The highest BCUT2D eigenvalue weighted by Crippen LogP contribution is 2.30. The maximum atomic E-state index is 9.85. The van der Waals surface area contributed by atoms with Crippen LogP contribution in [0.2, 0.25) is 0 Å². The summed E-state index contributed by atoms with van der Waals surface area (Å²) in [6.45, 7) is 1.11. The van der Waals surface area contributed by atoms with Gasteiger partial charge in [0.25, 0.3) is 6.23 Å². The summed E-state index contributed by atoms with van der Waals surface area (Å²) in [7, 11) is 0. The number of nitrogens with zero attached hydrogens (tertiary/aromatic N) is 1. The van der Waals surface area contributed by atoms with Crippen LogP contribution in [0.15, 0.2) is 12.3 Å². The molecule has 7 heteroatoms. The molecule has 2 heterocycles. The summed E-state index contributed by atoms with van der Waals surface area (Å²) in [6.07, 6.45) is -2.82. The summed E-state index contributed by atoms with van der Waals surface area (Å²) in [5.41, 5.74) is 0.282. The minimum atomic E-state index is -1.23. The molecule has 0 amide bonds. The van der Waals surface area contributed by atoms with Crippen molar-refractivity contribution in [1.29, 1.82) is 0 Å². The highest BCUT2D eigenvalue weighted by atomic mass is 16.6. The van der Waals surface area contributed by atoms with E-state index in [1.165, 1.54) is 23.8 Å². The Labute approximate surface area is 103 Å². The van der Waals surface area contributed by atoms with Crippen LogP contribution in [0.3, 0.4) is 0 Å². The van der Waals surface area contributed by atoms with Gasteiger partial charge < -0.3 is 30.3 Å². The third-order valence-corrected chi connectivity index (χ3v) is 3.16. The first kappa shape index (κ1) is 13.0. The number of hydrogen-bond acceptors (Lipinski definition) is 6. The highest BCUT2D eigenvalue weighted by molar-refractivity contribution is 5.36. The molecule has 0 bridgehead atoms. The molecule has 1 aromatic heterocycles. The van der Waals surface area contributed by atoms with E-state index in [-0.39, 0.29) is 17.2 Å². The monoisotopic (exact) mass is 258 g/mol. The van der Waals surface area contributed by atoms with E-state index in [1.54, 1.807) is 0 Å². The standard InChI is InChI=1S/C11H15NO6/c1-5-8(15)6(14)2-3-12(5)11-10(17)9(16)7(4-13)18-11/h2-3,7,9-11,13,15-17H,4H2,1H3/p+1/t7-,9-,10+,11?/m1/s1. The van der Waals surface area contributed by atoms with Crippen LogP contribution in [0.4, 0.5) is 0 Å². The van der Waals surface area contributed by atoms with Crippen LogP contribution in [0.25, 0.3) is 0 Å². The van der Waals surface area contributed by atoms with E-state index in [0.717, 1.165) is 0 Å². The van der Waals surface area contributed by atoms with E-state index in [1.807, 2.05) is 0 Å². The fourth-order valence-corrected chi connectivity index (χ4v) is 2.03. The molecule has 1 saturated heterocycles. The van der Waals surface area contributed by atoms with Gasteiger partial charge in [0, 0.05) is 13.0 Å². The largest absolute Gasteiger partial charge is 0.504 e. The van der Waals surface area contributed by atoms with Crippen molar-refractivity contribution in [3.05, 3.63) is 18.0 Å². The number of pyridine rings is 1. The van der Waals surface area contributed by atoms with Crippen LogP contribution in [-0.4, -0.2) is 50.5 Å². The highest BCUT2D eigenvalue weighted by Gasteiger charge is 2.48. The van der Waals surface area contributed by atoms with Crippen molar-refractivity contribution in [3.63, 3.8) is 0 Å². The Morgan fingerprint density at radius 3 is 2.50 bits per heavy atom. The summed E-state index contributed by atoms with van der Waals surface area (Å²) in [5.74, 6) is -0.606. The lowest BCUT2D eigenvalue weighted by atomic mass is 10.1. The Morgan fingerprint density at radius 1 is 1.28 bits per heavy atom. The fourth-order valence-electron chi connectivity index (χ4n) is 2.03. The molecule has 1 unspecified atom stereocenters. The Morgan fingerprint density at radius 2 is 1.94 bits per heavy atom. The van der Waals surface area contributed by atoms with Crippen molar-refractivity contribution < 1.29 is 34.8 Å². The second-order valence-electron chi connectivity index (χ2n) is 4.27. The number of ether oxygens (including phenoxy) is 1. The Kier molecular flexibility index (Phi) is 3.40. The minimum absolute atomic E-state index is 0.282. The van der Waals surface area contributed by atoms with Crippen LogP contribution < -0.4 is 4.57 Å². The maximum absolute atomic E-state index is 9.85. The number of hydrogen-bond donors (Lipinski definition) is 5. The predicted octanol–water partition coefficient (Wildman–Crippen LogP) is -1.69. The van der Waals surface area contributed by atoms with Gasteiger partial charge in [-0.2, -0.15) is 4.57 Å². The Balaban J connectivity index is 2.36. The van der Waals surface area contributed by atoms with Gasteiger partial charge in [0.05, 0.1) is 6.61 Å². The van der Waals surface area contributed by atoms with Gasteiger partial charge in [-0.1, -0.05) is 0 Å². The topological polar surface area (TPSA) is 114 Å². The molecule has 1 aliphatic heterocycles. The lowest BCUT2D eigenvalue weighted by Crippen LogP contribution is -2.48. The third kappa shape index (κ3) is 1.91. The van der Waals surface area contributed by atoms with Crippen molar-refractivity contribution in [2.75, 3.05) is 6.61 Å². The summed E-state index contributed by atoms with van der Waals surface area (Å²) in [4.78, 5) is 0. The van der Waals surface area contributed by atoms with E-state index in [0.29, 0.717) is 0 Å². The molecule has 0 spiro atoms. The first-order valence-electron chi connectivity index (χ1n) is 5.52. The van der Waals surface area contributed by atoms with Crippen LogP contribution in [0, 0.1) is 6.92 Å². The minimum Gasteiger partial charge on any atom is -0.504 e. The molecule has 5 N–H and O–H groups in total. The average molecular weight is 258 g/mol. The van der Waals surface area contributed by atoms with Crippen molar-refractivity contribution in [3.8, 4) is 11.5 Å². The van der Waals surface area contributed by atoms with E-state index >= 15 is 0 Å². The van der Waals surface area contributed by atoms with Crippen molar-refractivity contribution in [2.45, 2.75) is 31.5 Å². The van der Waals surface area contributed by atoms with E-state index in [4.69, 9.17) is 9.84 Å². The smallest absolute Gasteiger partial charge is 0.292 e. The van der Waals surface area contributed by atoms with Crippen molar-refractivity contribution in [2.24, 2.45) is 0 Å². The molecule has 0 aromatic carbocycles. The summed E-state index contributed by atoms with van der Waals surface area (Å²) in [6, 6.07) is 1.25. The normalized spacial score (nSPS) is 31.8. The zero-order valence-electron chi connectivity index (χ0n) is 9.76. The second kappa shape index (κ2) is 4.69. The molecular formula is C11H16NO6+. The van der Waals surface area contributed by atoms with Crippen LogP contribution in [0.5, 0.6) is 11.5 Å². The van der Waals surface area contributed by atoms with E-state index in [2.05, 4.69) is 0 Å². The first-order valence-corrected chi connectivity index (χ1v) is 5.52. The van der Waals surface area contributed by atoms with E-state index < -0.39 is 31.1 Å². The quantitative estimate of drug-likeness (QED) is 0.404. The van der Waals surface area contributed by atoms with Gasteiger partial charge in [-0.3, -0.25) is 0 Å². The number of aliphatic hydroxyl groups is 3. The zero-order chi connectivity index (χ0) is 13.4. The van der Waals surface area contributed by atoms with Gasteiger partial charge in [0.2, 0.25) is 11.4 Å². The predicted molar refractivity (Wildman–Crippen MR) is 57.7 cm³/mol. The van der Waals surface area contributed by atoms with E-state index in [9.17, 15) is 20.4 Å². The summed E-state index contributed by atoms with van der Waals surface area (Å²) >= 11 is 0. The number of aromatic nitrogens is 1. The molecule has 4 atom stereocenters. The Bertz CT molecular complexity index is 451. The van der Waals surface area contributed by atoms with Crippen LogP contribution in [0.1, 0.15) is 11.9 Å². The van der Waals surface area contributed by atoms with Gasteiger partial charge in [0.1, 0.15) is 12.2 Å². The number of aromatic hydroxyl groups is 2. The maximum Gasteiger partial charge on any atom is 0.292 e. The summed E-state index contributed by atoms with van der Waals surface area (Å²) < 4.78 is 6.70. The van der Waals surface area contributed by atoms with Gasteiger partial charge in [-0.25, -0.2) is 0 Å². The van der Waals surface area contributed by atoms with Crippen molar-refractivity contribution >= 4 is 0 Å². The van der Waals surface area contributed by atoms with Crippen molar-refractivity contribution in [1.82, 2.24) is 0 Å². The van der Waals surface area contributed by atoms with Gasteiger partial charge in [-0.15, -0.1) is 0 Å². The lowest BCUT2D eigenvalue weighted by molar-refractivity contribution is -0.770. The van der Waals surface area contributed by atoms with Crippen LogP contribution in [-0.2, 0) is 4.74 Å². The molecule has 1 fully saturated rings. The van der Waals surface area contributed by atoms with Gasteiger partial charge in [-0.05, 0) is 0 Å². The van der Waals surface area contributed by atoms with Crippen LogP contribution >= 0.6 is 0 Å². The molecule has 18 heavy (non-hydrogen) atoms. The fraction of sp³-hybridized carbons (Fsp3) is 0.545. The third-order valence-electron chi connectivity index (χ3n) is 3.16. The molecule has 2 rings (SSSR count). The molecule has 1 aliphatic rings. The molecule has 7 nitrogen and oxygen atoms in total. The first-order chi connectivity index (χ1) is 8.47. The number of rotatable bonds is 2. The molecule has 1 aromatic rings. The molecule has 0 aliphatic carbocycles. The molecular weight excluding hydrogens is 242 g/mol. The summed E-state index contributed by atoms with van der Waals surface area (Å²) in [5, 5.41) is 47.4. The van der Waals surface area contributed by atoms with Gasteiger partial charge >= 0.3 is 0 Å². The lowest BCUT2D eigenvalue weighted by Gasteiger charge is -2.12. The molecule has 0 radical (unpaired) electrons. The SMILES string of the molecule is Cc1c(O)c(O)cc[n+]1C1O[C@H](CO)[C@@H](O)[C@@H]1O. The zero-order valence-corrected chi connectivity index (χ0v) is 9.76. The second-order valence-corrected chi connectivity index (χ2v) is 4.27. The Hall–Kier alpha value is -1.41. The van der Waals surface area contributed by atoms with Gasteiger partial charge in [0.15, 0.2) is 18.1 Å². The molecule has 0 saturated carbocycles. The number of aliphatic hydroxyl groups excluding tert-OH is 3. The molecule has 100 valence electrons. The average Bonchev–Trinajstić information content (AvgIpc) is 2.64.